The van der Waals surface area contributed by atoms with E-state index in [1.54, 1.807) is 11.3 Å². The molecule has 0 aliphatic carbocycles. The van der Waals surface area contributed by atoms with E-state index in [1.807, 2.05) is 53.1 Å². The third-order valence-electron chi connectivity index (χ3n) is 4.66. The van der Waals surface area contributed by atoms with Crippen LogP contribution in [0.5, 0.6) is 0 Å². The van der Waals surface area contributed by atoms with Gasteiger partial charge in [-0.1, -0.05) is 36.4 Å². The summed E-state index contributed by atoms with van der Waals surface area (Å²) in [6.07, 6.45) is 0. The van der Waals surface area contributed by atoms with Gasteiger partial charge in [0.15, 0.2) is 0 Å². The zero-order chi connectivity index (χ0) is 17.8. The molecule has 0 unspecified atom stereocenters. The van der Waals surface area contributed by atoms with Gasteiger partial charge < -0.3 is 5.73 Å². The minimum atomic E-state index is 0.452. The predicted octanol–water partition coefficient (Wildman–Crippen LogP) is 5.41. The Morgan fingerprint density at radius 1 is 1.00 bits per heavy atom. The van der Waals surface area contributed by atoms with Crippen molar-refractivity contribution >= 4 is 60.7 Å². The summed E-state index contributed by atoms with van der Waals surface area (Å²) in [7, 11) is 0. The van der Waals surface area contributed by atoms with Gasteiger partial charge in [0, 0.05) is 16.5 Å². The molecule has 0 amide bonds. The molecule has 0 spiro atoms. The zero-order valence-electron chi connectivity index (χ0n) is 13.9. The summed E-state index contributed by atoms with van der Waals surface area (Å²) in [5.74, 6) is 0.609. The molecule has 26 heavy (non-hydrogen) atoms. The van der Waals surface area contributed by atoms with Crippen LogP contribution in [-0.2, 0) is 0 Å². The standard InChI is InChI=1S/C20H14N4S2/c1-11-13-9-5-6-10-14(13)22-19-15(11)16-17(26-19)18(21)24(20(25)23-16)12-7-3-2-4-8-12/h2-10H,21H2,1H3. The van der Waals surface area contributed by atoms with Gasteiger partial charge in [0.05, 0.1) is 15.7 Å². The van der Waals surface area contributed by atoms with Crippen LogP contribution >= 0.6 is 23.6 Å². The largest absolute Gasteiger partial charge is 0.383 e. The van der Waals surface area contributed by atoms with Crippen LogP contribution in [-0.4, -0.2) is 14.5 Å². The van der Waals surface area contributed by atoms with Gasteiger partial charge in [-0.05, 0) is 42.9 Å². The number of thiophene rings is 1. The molecule has 0 fully saturated rings. The van der Waals surface area contributed by atoms with Gasteiger partial charge in [-0.3, -0.25) is 4.57 Å². The van der Waals surface area contributed by atoms with Crippen LogP contribution in [0.15, 0.2) is 54.6 Å². The fraction of sp³-hybridized carbons (Fsp3) is 0.0500. The molecule has 5 aromatic rings. The van der Waals surface area contributed by atoms with E-state index in [0.29, 0.717) is 10.6 Å². The second-order valence-corrected chi connectivity index (χ2v) is 7.53. The third-order valence-corrected chi connectivity index (χ3v) is 6.03. The normalized spacial score (nSPS) is 11.6. The van der Waals surface area contributed by atoms with Crippen molar-refractivity contribution in [3.8, 4) is 5.69 Å². The van der Waals surface area contributed by atoms with Crippen molar-refractivity contribution < 1.29 is 0 Å². The lowest BCUT2D eigenvalue weighted by atomic mass is 10.1. The first-order valence-electron chi connectivity index (χ1n) is 8.20. The molecule has 5 rings (SSSR count). The number of hydrogen-bond donors (Lipinski definition) is 1. The number of aryl methyl sites for hydroxylation is 1. The van der Waals surface area contributed by atoms with Gasteiger partial charge in [0.25, 0.3) is 0 Å². The minimum Gasteiger partial charge on any atom is -0.383 e. The Balaban J connectivity index is 1.96. The molecule has 6 heteroatoms. The molecule has 0 saturated carbocycles. The van der Waals surface area contributed by atoms with Crippen molar-refractivity contribution in [2.75, 3.05) is 5.73 Å². The highest BCUT2D eigenvalue weighted by Crippen LogP contribution is 2.39. The molecule has 4 nitrogen and oxygen atoms in total. The van der Waals surface area contributed by atoms with Crippen molar-refractivity contribution in [3.63, 3.8) is 0 Å². The summed E-state index contributed by atoms with van der Waals surface area (Å²) in [5.41, 5.74) is 10.4. The molecule has 0 saturated heterocycles. The van der Waals surface area contributed by atoms with Gasteiger partial charge in [0.1, 0.15) is 10.6 Å². The molecule has 2 aromatic carbocycles. The molecular formula is C20H14N4S2. The predicted molar refractivity (Wildman–Crippen MR) is 112 cm³/mol. The highest BCUT2D eigenvalue weighted by Gasteiger charge is 2.17. The van der Waals surface area contributed by atoms with E-state index >= 15 is 0 Å². The maximum atomic E-state index is 6.53. The van der Waals surface area contributed by atoms with Crippen molar-refractivity contribution in [2.45, 2.75) is 6.92 Å². The van der Waals surface area contributed by atoms with E-state index in [0.717, 1.165) is 42.6 Å². The molecule has 0 atom stereocenters. The van der Waals surface area contributed by atoms with Gasteiger partial charge in [-0.25, -0.2) is 9.97 Å². The summed E-state index contributed by atoms with van der Waals surface area (Å²) in [5, 5.41) is 2.17. The van der Waals surface area contributed by atoms with Crippen LogP contribution in [0.3, 0.4) is 0 Å². The lowest BCUT2D eigenvalue weighted by Crippen LogP contribution is -2.06. The summed E-state index contributed by atoms with van der Waals surface area (Å²) in [6.45, 7) is 2.11. The Kier molecular flexibility index (Phi) is 3.32. The van der Waals surface area contributed by atoms with E-state index < -0.39 is 0 Å². The second-order valence-electron chi connectivity index (χ2n) is 6.16. The molecule has 0 aliphatic rings. The first-order valence-corrected chi connectivity index (χ1v) is 9.43. The Hall–Kier alpha value is -2.83. The third kappa shape index (κ3) is 2.09. The average molecular weight is 374 g/mol. The fourth-order valence-corrected chi connectivity index (χ4v) is 4.84. The number of hydrogen-bond acceptors (Lipinski definition) is 5. The molecule has 126 valence electrons. The number of anilines is 1. The van der Waals surface area contributed by atoms with Crippen LogP contribution < -0.4 is 5.73 Å². The molecular weight excluding hydrogens is 360 g/mol. The number of fused-ring (bicyclic) bond motifs is 4. The first-order chi connectivity index (χ1) is 12.6. The topological polar surface area (TPSA) is 56.7 Å². The van der Waals surface area contributed by atoms with Crippen LogP contribution in [0.1, 0.15) is 5.56 Å². The molecule has 3 heterocycles. The first kappa shape index (κ1) is 15.4. The van der Waals surface area contributed by atoms with Crippen molar-refractivity contribution in [2.24, 2.45) is 0 Å². The van der Waals surface area contributed by atoms with E-state index in [4.69, 9.17) is 27.9 Å². The van der Waals surface area contributed by atoms with E-state index in [9.17, 15) is 0 Å². The quantitative estimate of drug-likeness (QED) is 0.399. The minimum absolute atomic E-state index is 0.452. The van der Waals surface area contributed by atoms with E-state index in [1.165, 1.54) is 0 Å². The smallest absolute Gasteiger partial charge is 0.206 e. The number of para-hydroxylation sites is 2. The highest BCUT2D eigenvalue weighted by molar-refractivity contribution is 7.71. The number of aromatic nitrogens is 3. The Morgan fingerprint density at radius 3 is 2.54 bits per heavy atom. The van der Waals surface area contributed by atoms with Gasteiger partial charge in [-0.15, -0.1) is 11.3 Å². The highest BCUT2D eigenvalue weighted by atomic mass is 32.1. The molecule has 0 aliphatic heterocycles. The lowest BCUT2D eigenvalue weighted by Gasteiger charge is -2.11. The Bertz CT molecular complexity index is 1370. The second kappa shape index (κ2) is 5.59. The van der Waals surface area contributed by atoms with Crippen LogP contribution in [0.4, 0.5) is 5.82 Å². The number of benzene rings is 2. The van der Waals surface area contributed by atoms with Gasteiger partial charge in [0.2, 0.25) is 4.77 Å². The van der Waals surface area contributed by atoms with Gasteiger partial charge >= 0.3 is 0 Å². The van der Waals surface area contributed by atoms with Crippen molar-refractivity contribution in [1.29, 1.82) is 0 Å². The zero-order valence-corrected chi connectivity index (χ0v) is 15.6. The molecule has 2 N–H and O–H groups in total. The number of rotatable bonds is 1. The Morgan fingerprint density at radius 2 is 1.73 bits per heavy atom. The lowest BCUT2D eigenvalue weighted by molar-refractivity contribution is 0.998. The number of nitrogen functional groups attached to an aromatic ring is 1. The summed E-state index contributed by atoms with van der Waals surface area (Å²) >= 11 is 7.14. The Labute approximate surface area is 158 Å². The molecule has 0 radical (unpaired) electrons. The maximum absolute atomic E-state index is 6.53. The van der Waals surface area contributed by atoms with Crippen molar-refractivity contribution in [1.82, 2.24) is 14.5 Å². The average Bonchev–Trinajstić information content (AvgIpc) is 3.02. The monoisotopic (exact) mass is 374 g/mol. The van der Waals surface area contributed by atoms with Crippen LogP contribution in [0.2, 0.25) is 0 Å². The SMILES string of the molecule is Cc1c2ccccc2nc2sc3c(N)n(-c4ccccc4)c(=S)nc3c12. The van der Waals surface area contributed by atoms with Gasteiger partial charge in [-0.2, -0.15) is 0 Å². The number of pyridine rings is 1. The maximum Gasteiger partial charge on any atom is 0.206 e. The number of nitrogens with two attached hydrogens (primary N) is 1. The van der Waals surface area contributed by atoms with E-state index in [2.05, 4.69) is 13.0 Å². The van der Waals surface area contributed by atoms with Crippen LogP contribution in [0, 0.1) is 11.7 Å². The molecule has 3 aromatic heterocycles. The van der Waals surface area contributed by atoms with Crippen LogP contribution in [0.25, 0.3) is 37.0 Å². The van der Waals surface area contributed by atoms with Crippen molar-refractivity contribution in [3.05, 3.63) is 64.9 Å². The summed E-state index contributed by atoms with van der Waals surface area (Å²) in [4.78, 5) is 10.5. The summed E-state index contributed by atoms with van der Waals surface area (Å²) < 4.78 is 3.19. The van der Waals surface area contributed by atoms with E-state index in [-0.39, 0.29) is 0 Å². The number of nitrogens with zero attached hydrogens (tertiary/aromatic N) is 3. The molecule has 0 bridgehead atoms. The summed E-state index contributed by atoms with van der Waals surface area (Å²) in [6, 6.07) is 18.0. The fourth-order valence-electron chi connectivity index (χ4n) is 3.42.